The average molecular weight is 479 g/mol. The second kappa shape index (κ2) is 8.39. The Labute approximate surface area is 190 Å². The first kappa shape index (κ1) is 22.6. The molecule has 0 radical (unpaired) electrons. The number of rotatable bonds is 5. The Kier molecular flexibility index (Phi) is 5.75. The van der Waals surface area contributed by atoms with Crippen molar-refractivity contribution in [1.29, 1.82) is 0 Å². The Balaban J connectivity index is 1.94. The Morgan fingerprint density at radius 1 is 1.09 bits per heavy atom. The van der Waals surface area contributed by atoms with Gasteiger partial charge in [-0.2, -0.15) is 9.97 Å². The van der Waals surface area contributed by atoms with Gasteiger partial charge in [-0.25, -0.2) is 18.0 Å². The highest BCUT2D eigenvalue weighted by molar-refractivity contribution is 6.33. The first-order valence-corrected chi connectivity index (χ1v) is 10.0. The van der Waals surface area contributed by atoms with E-state index in [2.05, 4.69) is 15.0 Å². The van der Waals surface area contributed by atoms with Gasteiger partial charge in [0.25, 0.3) is 0 Å². The van der Waals surface area contributed by atoms with Crippen LogP contribution in [-0.2, 0) is 13.1 Å². The number of hydrogen-bond acceptors (Lipinski definition) is 6. The van der Waals surface area contributed by atoms with Crippen molar-refractivity contribution in [3.8, 4) is 5.75 Å². The summed E-state index contributed by atoms with van der Waals surface area (Å²) in [4.78, 5) is 25.7. The molecule has 0 bridgehead atoms. The van der Waals surface area contributed by atoms with Gasteiger partial charge in [-0.15, -0.1) is 0 Å². The maximum absolute atomic E-state index is 14.3. The molecule has 4 aromatic rings. The van der Waals surface area contributed by atoms with Crippen LogP contribution in [0.3, 0.4) is 0 Å². The summed E-state index contributed by atoms with van der Waals surface area (Å²) in [6.07, 6.45) is 1.60. The Bertz CT molecular complexity index is 1470. The molecule has 3 aromatic heterocycles. The van der Waals surface area contributed by atoms with Gasteiger partial charge < -0.3 is 10.5 Å². The van der Waals surface area contributed by atoms with Gasteiger partial charge in [0.2, 0.25) is 5.95 Å². The van der Waals surface area contributed by atoms with Crippen molar-refractivity contribution in [3.05, 3.63) is 73.8 Å². The van der Waals surface area contributed by atoms with Crippen LogP contribution in [-0.4, -0.2) is 31.2 Å². The molecule has 33 heavy (non-hydrogen) atoms. The van der Waals surface area contributed by atoms with Gasteiger partial charge in [-0.05, 0) is 26.0 Å². The van der Waals surface area contributed by atoms with Crippen molar-refractivity contribution in [3.63, 3.8) is 0 Å². The molecule has 0 aliphatic heterocycles. The summed E-state index contributed by atoms with van der Waals surface area (Å²) in [6, 6.07) is 1.44. The van der Waals surface area contributed by atoms with Crippen molar-refractivity contribution < 1.29 is 17.9 Å². The molecule has 0 unspecified atom stereocenters. The third-order valence-corrected chi connectivity index (χ3v) is 5.60. The number of fused-ring (bicyclic) bond motifs is 1. The van der Waals surface area contributed by atoms with Crippen LogP contribution in [0.4, 0.5) is 19.1 Å². The molecule has 0 atom stereocenters. The molecule has 172 valence electrons. The molecule has 0 aliphatic rings. The fourth-order valence-corrected chi connectivity index (χ4v) is 4.00. The molecule has 4 rings (SSSR count). The number of imidazole rings is 1. The van der Waals surface area contributed by atoms with Gasteiger partial charge >= 0.3 is 5.69 Å². The van der Waals surface area contributed by atoms with Crippen LogP contribution in [0.5, 0.6) is 5.75 Å². The lowest BCUT2D eigenvalue weighted by Crippen LogP contribution is -2.26. The number of ether oxygens (including phenoxy) is 1. The van der Waals surface area contributed by atoms with E-state index in [-0.39, 0.29) is 28.8 Å². The van der Waals surface area contributed by atoms with Gasteiger partial charge in [0.05, 0.1) is 25.9 Å². The zero-order valence-electron chi connectivity index (χ0n) is 17.8. The summed E-state index contributed by atoms with van der Waals surface area (Å²) in [5, 5.41) is -0.197. The summed E-state index contributed by atoms with van der Waals surface area (Å²) in [6.45, 7) is 2.91. The minimum atomic E-state index is -1.41. The van der Waals surface area contributed by atoms with E-state index in [0.717, 1.165) is 16.2 Å². The molecule has 3 heterocycles. The topological polar surface area (TPSA) is 101 Å². The maximum atomic E-state index is 14.3. The van der Waals surface area contributed by atoms with E-state index in [0.29, 0.717) is 23.1 Å². The molecule has 2 N–H and O–H groups in total. The van der Waals surface area contributed by atoms with Gasteiger partial charge in [0.15, 0.2) is 22.4 Å². The van der Waals surface area contributed by atoms with E-state index in [1.54, 1.807) is 13.1 Å². The predicted octanol–water partition coefficient (Wildman–Crippen LogP) is 3.36. The molecule has 0 aliphatic carbocycles. The van der Waals surface area contributed by atoms with Gasteiger partial charge in [-0.1, -0.05) is 11.6 Å². The molecule has 0 fully saturated rings. The molecule has 0 amide bonds. The maximum Gasteiger partial charge on any atom is 0.331 e. The molecule has 0 saturated heterocycles. The monoisotopic (exact) mass is 478 g/mol. The number of halogens is 4. The molecule has 0 spiro atoms. The van der Waals surface area contributed by atoms with Crippen molar-refractivity contribution in [2.75, 3.05) is 12.8 Å². The van der Waals surface area contributed by atoms with Crippen molar-refractivity contribution >= 4 is 28.7 Å². The second-order valence-electron chi connectivity index (χ2n) is 7.37. The number of nitrogens with two attached hydrogens (primary N) is 1. The quantitative estimate of drug-likeness (QED) is 0.349. The molecular weight excluding hydrogens is 461 g/mol. The van der Waals surface area contributed by atoms with Crippen molar-refractivity contribution in [1.82, 2.24) is 24.1 Å². The number of nitrogen functional groups attached to an aromatic ring is 1. The smallest absolute Gasteiger partial charge is 0.331 e. The summed E-state index contributed by atoms with van der Waals surface area (Å²) in [5.74, 6) is -3.27. The number of benzene rings is 1. The Morgan fingerprint density at radius 2 is 1.79 bits per heavy atom. The van der Waals surface area contributed by atoms with E-state index < -0.39 is 35.2 Å². The van der Waals surface area contributed by atoms with E-state index in [9.17, 15) is 18.0 Å². The zero-order valence-corrected chi connectivity index (χ0v) is 18.5. The van der Waals surface area contributed by atoms with E-state index in [1.807, 2.05) is 6.92 Å². The number of hydrogen-bond donors (Lipinski definition) is 1. The summed E-state index contributed by atoms with van der Waals surface area (Å²) in [7, 11) is 1.52. The van der Waals surface area contributed by atoms with Gasteiger partial charge in [0.1, 0.15) is 17.1 Å². The van der Waals surface area contributed by atoms with Crippen LogP contribution in [0, 0.1) is 31.3 Å². The van der Waals surface area contributed by atoms with Crippen LogP contribution in [0.2, 0.25) is 5.15 Å². The number of anilines is 1. The highest BCUT2D eigenvalue weighted by atomic mass is 35.5. The SMILES string of the molecule is COc1c(C)cnc(Cn2c(=O)n(Cc3c(F)ccc(F)c3F)c3c(Cl)nc(N)nc32)c1C. The zero-order chi connectivity index (χ0) is 24.0. The fourth-order valence-electron chi connectivity index (χ4n) is 3.73. The predicted molar refractivity (Wildman–Crippen MR) is 116 cm³/mol. The highest BCUT2D eigenvalue weighted by Crippen LogP contribution is 2.27. The molecular formula is C21H18ClF3N6O2. The van der Waals surface area contributed by atoms with Gasteiger partial charge in [-0.3, -0.25) is 14.1 Å². The van der Waals surface area contributed by atoms with E-state index >= 15 is 0 Å². The number of nitrogens with zero attached hydrogens (tertiary/aromatic N) is 5. The first-order valence-electron chi connectivity index (χ1n) is 9.67. The molecule has 0 saturated carbocycles. The van der Waals surface area contributed by atoms with Crippen LogP contribution in [0.15, 0.2) is 23.1 Å². The summed E-state index contributed by atoms with van der Waals surface area (Å²) in [5.41, 5.74) is 6.40. The largest absolute Gasteiger partial charge is 0.496 e. The normalized spacial score (nSPS) is 11.4. The summed E-state index contributed by atoms with van der Waals surface area (Å²) < 4.78 is 50.0. The second-order valence-corrected chi connectivity index (χ2v) is 7.73. The van der Waals surface area contributed by atoms with Crippen molar-refractivity contribution in [2.24, 2.45) is 0 Å². The number of pyridine rings is 1. The average Bonchev–Trinajstić information content (AvgIpc) is 3.01. The van der Waals surface area contributed by atoms with Gasteiger partial charge in [0, 0.05) is 22.9 Å². The molecule has 12 heteroatoms. The van der Waals surface area contributed by atoms with Crippen molar-refractivity contribution in [2.45, 2.75) is 26.9 Å². The lowest BCUT2D eigenvalue weighted by atomic mass is 10.1. The van der Waals surface area contributed by atoms with Crippen LogP contribution >= 0.6 is 11.6 Å². The Morgan fingerprint density at radius 3 is 2.48 bits per heavy atom. The van der Waals surface area contributed by atoms with Crippen LogP contribution < -0.4 is 16.2 Å². The van der Waals surface area contributed by atoms with Crippen LogP contribution in [0.1, 0.15) is 22.4 Å². The standard InChI is InChI=1S/C21H18ClF3N6O2/c1-9-6-27-14(10(2)17(9)33-3)8-31-19-16(18(22)28-20(26)29-19)30(21(31)32)7-11-12(23)4-5-13(24)15(11)25/h4-6H,7-8H2,1-3H3,(H2,26,28,29). The minimum absolute atomic E-state index is 0.00402. The summed E-state index contributed by atoms with van der Waals surface area (Å²) >= 11 is 6.23. The number of aryl methyl sites for hydroxylation is 1. The first-order chi connectivity index (χ1) is 15.6. The lowest BCUT2D eigenvalue weighted by molar-refractivity contribution is 0.406. The fraction of sp³-hybridized carbons (Fsp3) is 0.238. The van der Waals surface area contributed by atoms with E-state index in [1.165, 1.54) is 11.7 Å². The minimum Gasteiger partial charge on any atom is -0.496 e. The number of methoxy groups -OCH3 is 1. The Hall–Kier alpha value is -3.60. The third-order valence-electron chi connectivity index (χ3n) is 5.34. The lowest BCUT2D eigenvalue weighted by Gasteiger charge is -2.12. The third kappa shape index (κ3) is 3.78. The number of aromatic nitrogens is 5. The van der Waals surface area contributed by atoms with Crippen LogP contribution in [0.25, 0.3) is 11.2 Å². The molecule has 1 aromatic carbocycles. The molecule has 8 nitrogen and oxygen atoms in total. The highest BCUT2D eigenvalue weighted by Gasteiger charge is 2.24. The van der Waals surface area contributed by atoms with E-state index in [4.69, 9.17) is 22.1 Å².